The Morgan fingerprint density at radius 3 is 2.78 bits per heavy atom. The van der Waals surface area contributed by atoms with Gasteiger partial charge in [-0.3, -0.25) is 4.79 Å². The molecule has 0 bridgehead atoms. The average Bonchev–Trinajstić information content (AvgIpc) is 2.37. The Balaban J connectivity index is 2.66. The molecular formula is C11H12INO5. The van der Waals surface area contributed by atoms with Crippen LogP contribution in [-0.2, 0) is 9.53 Å². The van der Waals surface area contributed by atoms with E-state index in [1.54, 1.807) is 6.07 Å². The molecule has 0 aliphatic carbocycles. The maximum Gasteiger partial charge on any atom is 0.336 e. The number of phenols is 1. The van der Waals surface area contributed by atoms with Crippen molar-refractivity contribution < 1.29 is 24.5 Å². The van der Waals surface area contributed by atoms with Gasteiger partial charge < -0.3 is 20.3 Å². The zero-order valence-corrected chi connectivity index (χ0v) is 11.7. The number of esters is 1. The second kappa shape index (κ2) is 6.55. The summed E-state index contributed by atoms with van der Waals surface area (Å²) in [6.45, 7) is -0.281. The number of nitrogens with one attached hydrogen (secondary N) is 1. The van der Waals surface area contributed by atoms with Crippen LogP contribution in [0.15, 0.2) is 18.2 Å². The number of aliphatic hydroxyl groups is 1. The highest BCUT2D eigenvalue weighted by Gasteiger charge is 2.18. The van der Waals surface area contributed by atoms with E-state index >= 15 is 0 Å². The van der Waals surface area contributed by atoms with E-state index < -0.39 is 18.0 Å². The first-order valence-corrected chi connectivity index (χ1v) is 6.06. The lowest BCUT2D eigenvalue weighted by molar-refractivity contribution is -0.149. The van der Waals surface area contributed by atoms with Gasteiger partial charge in [-0.25, -0.2) is 4.79 Å². The lowest BCUT2D eigenvalue weighted by Gasteiger charge is -2.10. The molecule has 1 aromatic rings. The molecule has 1 aromatic carbocycles. The third kappa shape index (κ3) is 3.84. The summed E-state index contributed by atoms with van der Waals surface area (Å²) in [5.41, 5.74) is 0.0824. The summed E-state index contributed by atoms with van der Waals surface area (Å²) in [6, 6.07) is 4.54. The SMILES string of the molecule is COC(=O)C(O)CNC(=O)c1cc(I)ccc1O. The van der Waals surface area contributed by atoms with Gasteiger partial charge in [0.15, 0.2) is 6.10 Å². The summed E-state index contributed by atoms with van der Waals surface area (Å²) in [4.78, 5) is 22.6. The van der Waals surface area contributed by atoms with Crippen LogP contribution in [0.3, 0.4) is 0 Å². The third-order valence-corrected chi connectivity index (χ3v) is 2.80. The summed E-state index contributed by atoms with van der Waals surface area (Å²) in [7, 11) is 1.14. The Hall–Kier alpha value is -1.35. The quantitative estimate of drug-likeness (QED) is 0.526. The normalized spacial score (nSPS) is 11.7. The van der Waals surface area contributed by atoms with E-state index in [1.807, 2.05) is 22.6 Å². The molecule has 0 aliphatic heterocycles. The molecule has 0 aromatic heterocycles. The van der Waals surface area contributed by atoms with E-state index in [-0.39, 0.29) is 17.9 Å². The third-order valence-electron chi connectivity index (χ3n) is 2.13. The molecule has 0 heterocycles. The number of benzene rings is 1. The monoisotopic (exact) mass is 365 g/mol. The van der Waals surface area contributed by atoms with Crippen LogP contribution in [-0.4, -0.2) is 41.8 Å². The molecule has 0 radical (unpaired) electrons. The van der Waals surface area contributed by atoms with E-state index in [4.69, 9.17) is 0 Å². The van der Waals surface area contributed by atoms with Crippen molar-refractivity contribution in [3.63, 3.8) is 0 Å². The molecule has 18 heavy (non-hydrogen) atoms. The minimum absolute atomic E-state index is 0.0824. The number of ether oxygens (including phenoxy) is 1. The van der Waals surface area contributed by atoms with Crippen LogP contribution in [0.1, 0.15) is 10.4 Å². The van der Waals surface area contributed by atoms with Gasteiger partial charge in [-0.2, -0.15) is 0 Å². The molecule has 6 nitrogen and oxygen atoms in total. The van der Waals surface area contributed by atoms with Gasteiger partial charge >= 0.3 is 5.97 Å². The highest BCUT2D eigenvalue weighted by atomic mass is 127. The number of carbonyl (C=O) groups is 2. The van der Waals surface area contributed by atoms with Gasteiger partial charge in [0.05, 0.1) is 19.2 Å². The summed E-state index contributed by atoms with van der Waals surface area (Å²) in [5.74, 6) is -1.57. The molecule has 98 valence electrons. The zero-order valence-electron chi connectivity index (χ0n) is 9.51. The predicted octanol–water partition coefficient (Wildman–Crippen LogP) is 0.260. The fourth-order valence-electron chi connectivity index (χ4n) is 1.19. The van der Waals surface area contributed by atoms with Crippen LogP contribution >= 0.6 is 22.6 Å². The molecule has 1 atom stereocenters. The van der Waals surface area contributed by atoms with Gasteiger partial charge in [0.25, 0.3) is 5.91 Å². The van der Waals surface area contributed by atoms with Crippen LogP contribution in [0.5, 0.6) is 5.75 Å². The fourth-order valence-corrected chi connectivity index (χ4v) is 1.69. The Morgan fingerprint density at radius 1 is 1.50 bits per heavy atom. The van der Waals surface area contributed by atoms with E-state index in [0.29, 0.717) is 0 Å². The predicted molar refractivity (Wildman–Crippen MR) is 71.2 cm³/mol. The molecule has 1 rings (SSSR count). The average molecular weight is 365 g/mol. The Labute approximate surface area is 117 Å². The lowest BCUT2D eigenvalue weighted by Crippen LogP contribution is -2.37. The van der Waals surface area contributed by atoms with E-state index in [2.05, 4.69) is 10.1 Å². The Kier molecular flexibility index (Phi) is 5.35. The number of aliphatic hydroxyl groups excluding tert-OH is 1. The van der Waals surface area contributed by atoms with E-state index in [1.165, 1.54) is 12.1 Å². The number of carbonyl (C=O) groups excluding carboxylic acids is 2. The number of halogens is 1. The van der Waals surface area contributed by atoms with Gasteiger partial charge in [0.2, 0.25) is 0 Å². The molecule has 0 saturated heterocycles. The molecule has 0 spiro atoms. The Morgan fingerprint density at radius 2 is 2.17 bits per heavy atom. The number of amides is 1. The van der Waals surface area contributed by atoms with Crippen LogP contribution < -0.4 is 5.32 Å². The van der Waals surface area contributed by atoms with Gasteiger partial charge in [0.1, 0.15) is 5.75 Å². The van der Waals surface area contributed by atoms with Crippen molar-refractivity contribution in [1.29, 1.82) is 0 Å². The van der Waals surface area contributed by atoms with E-state index in [0.717, 1.165) is 10.7 Å². The van der Waals surface area contributed by atoms with Crippen LogP contribution in [0.2, 0.25) is 0 Å². The molecule has 1 amide bonds. The molecule has 1 unspecified atom stereocenters. The van der Waals surface area contributed by atoms with Crippen molar-refractivity contribution >= 4 is 34.5 Å². The minimum Gasteiger partial charge on any atom is -0.507 e. The number of rotatable bonds is 4. The van der Waals surface area contributed by atoms with Crippen molar-refractivity contribution in [1.82, 2.24) is 5.32 Å². The zero-order chi connectivity index (χ0) is 13.7. The van der Waals surface area contributed by atoms with Crippen LogP contribution in [0.25, 0.3) is 0 Å². The summed E-state index contributed by atoms with van der Waals surface area (Å²) >= 11 is 2.00. The molecule has 7 heteroatoms. The number of hydrogen-bond donors (Lipinski definition) is 3. The van der Waals surface area contributed by atoms with Gasteiger partial charge in [-0.1, -0.05) is 0 Å². The lowest BCUT2D eigenvalue weighted by atomic mass is 10.2. The first kappa shape index (κ1) is 14.7. The molecule has 0 aliphatic rings. The summed E-state index contributed by atoms with van der Waals surface area (Å²) in [5, 5.41) is 21.1. The highest BCUT2D eigenvalue weighted by Crippen LogP contribution is 2.19. The maximum absolute atomic E-state index is 11.7. The number of hydrogen-bond acceptors (Lipinski definition) is 5. The van der Waals surface area contributed by atoms with Crippen molar-refractivity contribution in [2.45, 2.75) is 6.10 Å². The first-order chi connectivity index (χ1) is 8.45. The van der Waals surface area contributed by atoms with Crippen LogP contribution in [0.4, 0.5) is 0 Å². The van der Waals surface area contributed by atoms with Crippen molar-refractivity contribution in [3.8, 4) is 5.75 Å². The van der Waals surface area contributed by atoms with Crippen LogP contribution in [0, 0.1) is 3.57 Å². The molecule has 0 saturated carbocycles. The second-order valence-corrected chi connectivity index (χ2v) is 4.66. The largest absolute Gasteiger partial charge is 0.507 e. The summed E-state index contributed by atoms with van der Waals surface area (Å²) < 4.78 is 5.08. The van der Waals surface area contributed by atoms with Crippen molar-refractivity contribution in [3.05, 3.63) is 27.3 Å². The van der Waals surface area contributed by atoms with Gasteiger partial charge in [0, 0.05) is 3.57 Å². The molecular weight excluding hydrogens is 353 g/mol. The first-order valence-electron chi connectivity index (χ1n) is 4.98. The second-order valence-electron chi connectivity index (χ2n) is 3.41. The highest BCUT2D eigenvalue weighted by molar-refractivity contribution is 14.1. The molecule has 3 N–H and O–H groups in total. The van der Waals surface area contributed by atoms with Crippen molar-refractivity contribution in [2.24, 2.45) is 0 Å². The van der Waals surface area contributed by atoms with Gasteiger partial charge in [-0.05, 0) is 40.8 Å². The molecule has 0 fully saturated rings. The fraction of sp³-hybridized carbons (Fsp3) is 0.273. The summed E-state index contributed by atoms with van der Waals surface area (Å²) in [6.07, 6.45) is -1.43. The van der Waals surface area contributed by atoms with Crippen molar-refractivity contribution in [2.75, 3.05) is 13.7 Å². The topological polar surface area (TPSA) is 95.9 Å². The van der Waals surface area contributed by atoms with E-state index in [9.17, 15) is 19.8 Å². The minimum atomic E-state index is -1.43. The Bertz CT molecular complexity index is 463. The number of phenolic OH excluding ortho intramolecular Hbond substituents is 1. The smallest absolute Gasteiger partial charge is 0.336 e. The standard InChI is InChI=1S/C11H12INO5/c1-18-11(17)9(15)5-13-10(16)7-4-6(12)2-3-8(7)14/h2-4,9,14-15H,5H2,1H3,(H,13,16). The number of aromatic hydroxyl groups is 1. The van der Waals surface area contributed by atoms with Gasteiger partial charge in [-0.15, -0.1) is 0 Å². The number of methoxy groups -OCH3 is 1. The maximum atomic E-state index is 11.7.